The Morgan fingerprint density at radius 2 is 2.16 bits per heavy atom. The van der Waals surface area contributed by atoms with Crippen molar-refractivity contribution in [3.05, 3.63) is 53.2 Å². The van der Waals surface area contributed by atoms with Gasteiger partial charge < -0.3 is 10.5 Å². The summed E-state index contributed by atoms with van der Waals surface area (Å²) in [5, 5.41) is 14.2. The van der Waals surface area contributed by atoms with Crippen LogP contribution in [0.5, 0.6) is 5.75 Å². The number of nitrogens with zero attached hydrogens (tertiary/aromatic N) is 5. The molecule has 1 amide bonds. The Bertz CT molecular complexity index is 1360. The molecular weight excluding hydrogens is 431 g/mol. The summed E-state index contributed by atoms with van der Waals surface area (Å²) in [6.45, 7) is 1.79. The van der Waals surface area contributed by atoms with Crippen molar-refractivity contribution in [2.24, 2.45) is 11.4 Å². The van der Waals surface area contributed by atoms with Crippen LogP contribution in [0.4, 0.5) is 10.2 Å². The number of ether oxygens (including phenoxy) is 1. The number of hydrogen-bond donors (Lipinski definition) is 1. The summed E-state index contributed by atoms with van der Waals surface area (Å²) in [7, 11) is 0.899. The van der Waals surface area contributed by atoms with Gasteiger partial charge in [-0.15, -0.1) is 0 Å². The number of carbonyl (C=O) groups excluding carboxylic acids is 1. The Balaban J connectivity index is 1.79. The molecule has 2 N–H and O–H groups in total. The summed E-state index contributed by atoms with van der Waals surface area (Å²) in [6.07, 6.45) is 1.72. The van der Waals surface area contributed by atoms with Crippen LogP contribution in [-0.2, 0) is 29.0 Å². The first-order valence-electron chi connectivity index (χ1n) is 10.0. The smallest absolute Gasteiger partial charge is 0.253 e. The minimum absolute atomic E-state index is 0.153. The van der Waals surface area contributed by atoms with E-state index in [0.29, 0.717) is 40.2 Å². The normalized spacial score (nSPS) is 21.7. The number of nitrogens with two attached hydrogens (primary N) is 1. The molecule has 32 heavy (non-hydrogen) atoms. The van der Waals surface area contributed by atoms with Crippen LogP contribution in [0.3, 0.4) is 0 Å². The van der Waals surface area contributed by atoms with Gasteiger partial charge in [-0.2, -0.15) is 14.7 Å². The minimum atomic E-state index is -0.805. The van der Waals surface area contributed by atoms with Crippen molar-refractivity contribution in [1.29, 1.82) is 5.26 Å². The summed E-state index contributed by atoms with van der Waals surface area (Å²) in [6, 6.07) is 8.40. The molecule has 3 unspecified atom stereocenters. The first-order chi connectivity index (χ1) is 15.4. The topological polar surface area (TPSA) is 119 Å². The third-order valence-electron chi connectivity index (χ3n) is 5.67. The van der Waals surface area contributed by atoms with Crippen LogP contribution in [-0.4, -0.2) is 25.9 Å². The third kappa shape index (κ3) is 3.26. The molecule has 3 aromatic rings. The predicted molar refractivity (Wildman–Crippen MR) is 116 cm³/mol. The quantitative estimate of drug-likeness (QED) is 0.562. The highest BCUT2D eigenvalue weighted by molar-refractivity contribution is 7.88. The number of pyridine rings is 1. The molecule has 162 valence electrons. The Labute approximate surface area is 185 Å². The average Bonchev–Trinajstić information content (AvgIpc) is 3.27. The highest BCUT2D eigenvalue weighted by Crippen LogP contribution is 2.38. The number of hydrogen-bond acceptors (Lipinski definition) is 6. The van der Waals surface area contributed by atoms with Crippen LogP contribution in [0.15, 0.2) is 39.7 Å². The standard InChI is InChI=1S/C22H19FN6O2S/c1-11-15-6-13(23)3-4-19(15)32-14(8-20(30)28-32)7-16-21(17(9-24)29(2)27-16)12-5-18(31-11)22(25)26-10-12/h3-6,10-11,14H,7-8H2,1-2H3,(H2,25,26). The number of halogens is 1. The number of anilines is 1. The number of nitrogen functional groups attached to an aromatic ring is 1. The second-order valence-corrected chi connectivity index (χ2v) is 9.70. The lowest BCUT2D eigenvalue weighted by atomic mass is 10.0. The number of rotatable bonds is 0. The lowest BCUT2D eigenvalue weighted by molar-refractivity contribution is -0.117. The van der Waals surface area contributed by atoms with E-state index in [1.54, 1.807) is 32.3 Å². The van der Waals surface area contributed by atoms with Crippen LogP contribution in [0, 0.1) is 17.1 Å². The number of benzene rings is 1. The zero-order chi connectivity index (χ0) is 22.6. The van der Waals surface area contributed by atoms with Gasteiger partial charge in [-0.3, -0.25) is 9.48 Å². The first kappa shape index (κ1) is 20.3. The number of aromatic nitrogens is 3. The largest absolute Gasteiger partial charge is 0.482 e. The third-order valence-corrected chi connectivity index (χ3v) is 7.86. The van der Waals surface area contributed by atoms with Crippen molar-refractivity contribution in [3.8, 4) is 22.9 Å². The molecule has 2 aliphatic heterocycles. The van der Waals surface area contributed by atoms with Gasteiger partial charge in [0.1, 0.15) is 23.7 Å². The van der Waals surface area contributed by atoms with Crippen LogP contribution < -0.4 is 10.5 Å². The molecular formula is C22H19FN6O2S. The van der Waals surface area contributed by atoms with Crippen LogP contribution >= 0.6 is 0 Å². The maximum absolute atomic E-state index is 14.2. The Hall–Kier alpha value is -3.58. The van der Waals surface area contributed by atoms with Crippen molar-refractivity contribution >= 4 is 22.4 Å². The molecule has 10 heteroatoms. The lowest BCUT2D eigenvalue weighted by Crippen LogP contribution is -2.19. The van der Waals surface area contributed by atoms with E-state index >= 15 is 0 Å². The van der Waals surface area contributed by atoms with Gasteiger partial charge in [0.15, 0.2) is 11.6 Å². The molecule has 3 atom stereocenters. The predicted octanol–water partition coefficient (Wildman–Crippen LogP) is 3.23. The molecule has 4 heterocycles. The minimum Gasteiger partial charge on any atom is -0.482 e. The zero-order valence-corrected chi connectivity index (χ0v) is 18.2. The Kier molecular flexibility index (Phi) is 4.78. The fourth-order valence-electron chi connectivity index (χ4n) is 4.21. The highest BCUT2D eigenvalue weighted by Gasteiger charge is 2.33. The van der Waals surface area contributed by atoms with Crippen molar-refractivity contribution in [3.63, 3.8) is 0 Å². The van der Waals surface area contributed by atoms with E-state index < -0.39 is 22.6 Å². The molecule has 0 aliphatic carbocycles. The van der Waals surface area contributed by atoms with E-state index in [2.05, 4.69) is 20.5 Å². The number of fused-ring (bicyclic) bond motifs is 7. The molecule has 8 nitrogen and oxygen atoms in total. The van der Waals surface area contributed by atoms with Gasteiger partial charge in [0, 0.05) is 52.9 Å². The van der Waals surface area contributed by atoms with E-state index in [9.17, 15) is 14.4 Å². The van der Waals surface area contributed by atoms with E-state index in [0.717, 1.165) is 4.90 Å². The van der Waals surface area contributed by atoms with Gasteiger partial charge in [-0.05, 0) is 31.2 Å². The zero-order valence-electron chi connectivity index (χ0n) is 17.4. The Morgan fingerprint density at radius 1 is 1.34 bits per heavy atom. The van der Waals surface area contributed by atoms with Gasteiger partial charge in [0.25, 0.3) is 5.91 Å². The highest BCUT2D eigenvalue weighted by atomic mass is 32.2. The molecule has 0 fully saturated rings. The number of aryl methyl sites for hydroxylation is 1. The van der Waals surface area contributed by atoms with Crippen molar-refractivity contribution in [2.75, 3.05) is 5.73 Å². The fraction of sp³-hybridized carbons (Fsp3) is 0.273. The van der Waals surface area contributed by atoms with Crippen LogP contribution in [0.2, 0.25) is 0 Å². The van der Waals surface area contributed by atoms with Gasteiger partial charge in [0.05, 0.1) is 5.69 Å². The SMILES string of the molecule is CC1Oc2cc(cnc2N)-c2c(nn(C)c2C#N)CC2CC(=O)N=S2c2ccc(F)cc21. The molecule has 0 spiro atoms. The maximum Gasteiger partial charge on any atom is 0.253 e. The van der Waals surface area contributed by atoms with Gasteiger partial charge in [-0.25, -0.2) is 9.37 Å². The van der Waals surface area contributed by atoms with E-state index in [-0.39, 0.29) is 23.4 Å². The molecule has 0 saturated carbocycles. The summed E-state index contributed by atoms with van der Waals surface area (Å²) in [5.41, 5.74) is 9.02. The van der Waals surface area contributed by atoms with E-state index in [1.165, 1.54) is 16.8 Å². The lowest BCUT2D eigenvalue weighted by Gasteiger charge is -2.23. The summed E-state index contributed by atoms with van der Waals surface area (Å²) in [4.78, 5) is 17.4. The summed E-state index contributed by atoms with van der Waals surface area (Å²) >= 11 is 0. The van der Waals surface area contributed by atoms with Crippen molar-refractivity contribution in [2.45, 2.75) is 36.0 Å². The fourth-order valence-corrected chi connectivity index (χ4v) is 6.40. The monoisotopic (exact) mass is 450 g/mol. The van der Waals surface area contributed by atoms with E-state index in [4.69, 9.17) is 10.5 Å². The summed E-state index contributed by atoms with van der Waals surface area (Å²) < 4.78 is 26.2. The maximum atomic E-state index is 14.2. The number of amides is 1. The second kappa shape index (κ2) is 7.53. The average molecular weight is 450 g/mol. The molecule has 0 saturated heterocycles. The molecule has 1 aromatic carbocycles. The number of nitriles is 1. The van der Waals surface area contributed by atoms with Crippen LogP contribution in [0.1, 0.15) is 36.4 Å². The van der Waals surface area contributed by atoms with Gasteiger partial charge in [0.2, 0.25) is 0 Å². The van der Waals surface area contributed by atoms with E-state index in [1.807, 2.05) is 0 Å². The number of carbonyl (C=O) groups is 1. The van der Waals surface area contributed by atoms with Gasteiger partial charge in [-0.1, -0.05) is 10.7 Å². The molecule has 2 aromatic heterocycles. The first-order valence-corrected chi connectivity index (χ1v) is 11.3. The molecule has 0 radical (unpaired) electrons. The van der Waals surface area contributed by atoms with Crippen molar-refractivity contribution in [1.82, 2.24) is 14.8 Å². The van der Waals surface area contributed by atoms with Crippen LogP contribution in [0.25, 0.3) is 11.1 Å². The van der Waals surface area contributed by atoms with Gasteiger partial charge >= 0.3 is 0 Å². The molecule has 2 bridgehead atoms. The second-order valence-electron chi connectivity index (χ2n) is 7.79. The summed E-state index contributed by atoms with van der Waals surface area (Å²) in [5.74, 6) is -0.0894. The van der Waals surface area contributed by atoms with Crippen molar-refractivity contribution < 1.29 is 13.9 Å². The molecule has 5 rings (SSSR count). The Morgan fingerprint density at radius 3 is 2.94 bits per heavy atom. The molecule has 2 aliphatic rings.